The van der Waals surface area contributed by atoms with E-state index in [9.17, 15) is 24.9 Å². The van der Waals surface area contributed by atoms with Gasteiger partial charge in [0, 0.05) is 17.8 Å². The molecule has 0 spiro atoms. The van der Waals surface area contributed by atoms with Gasteiger partial charge in [-0.05, 0) is 39.9 Å². The monoisotopic (exact) mass is 473 g/mol. The minimum atomic E-state index is -1.36. The Labute approximate surface area is 200 Å². The molecule has 1 aromatic heterocycles. The SMILES string of the molecule is O=C(NCC(O)C(O)c1ccc2[nH]nc(C(=O)O)c2c1)OCC1c2ccccc2-c2ccccc21. The number of aliphatic hydroxyl groups excluding tert-OH is 2. The number of rotatable bonds is 7. The van der Waals surface area contributed by atoms with Gasteiger partial charge in [-0.25, -0.2) is 9.59 Å². The summed E-state index contributed by atoms with van der Waals surface area (Å²) >= 11 is 0. The van der Waals surface area contributed by atoms with Gasteiger partial charge in [-0.2, -0.15) is 5.10 Å². The van der Waals surface area contributed by atoms with Gasteiger partial charge < -0.3 is 25.4 Å². The Morgan fingerprint density at radius 1 is 1.00 bits per heavy atom. The van der Waals surface area contributed by atoms with Crippen molar-refractivity contribution in [2.45, 2.75) is 18.1 Å². The highest BCUT2D eigenvalue weighted by Gasteiger charge is 2.29. The van der Waals surface area contributed by atoms with Gasteiger partial charge in [-0.15, -0.1) is 0 Å². The van der Waals surface area contributed by atoms with E-state index in [1.54, 1.807) is 12.1 Å². The van der Waals surface area contributed by atoms with E-state index in [4.69, 9.17) is 4.74 Å². The van der Waals surface area contributed by atoms with Gasteiger partial charge in [0.1, 0.15) is 18.8 Å². The van der Waals surface area contributed by atoms with Crippen molar-refractivity contribution in [3.63, 3.8) is 0 Å². The molecule has 1 amide bonds. The van der Waals surface area contributed by atoms with Crippen LogP contribution in [0.25, 0.3) is 22.0 Å². The molecule has 0 saturated heterocycles. The number of carbonyl (C=O) groups is 2. The maximum atomic E-state index is 12.3. The fraction of sp³-hybridized carbons (Fsp3) is 0.192. The lowest BCUT2D eigenvalue weighted by molar-refractivity contribution is 0.0186. The summed E-state index contributed by atoms with van der Waals surface area (Å²) in [5, 5.41) is 39.3. The average molecular weight is 473 g/mol. The molecule has 1 aliphatic rings. The number of carbonyl (C=O) groups excluding carboxylic acids is 1. The van der Waals surface area contributed by atoms with Crippen LogP contribution in [-0.4, -0.2) is 56.8 Å². The van der Waals surface area contributed by atoms with Crippen molar-refractivity contribution in [2.24, 2.45) is 0 Å². The Bertz CT molecular complexity index is 1370. The van der Waals surface area contributed by atoms with Crippen LogP contribution in [0.2, 0.25) is 0 Å². The highest BCUT2D eigenvalue weighted by molar-refractivity contribution is 6.01. The number of hydrogen-bond acceptors (Lipinski definition) is 6. The lowest BCUT2D eigenvalue weighted by Crippen LogP contribution is -2.36. The lowest BCUT2D eigenvalue weighted by atomic mass is 9.98. The number of fused-ring (bicyclic) bond motifs is 4. The van der Waals surface area contributed by atoms with Crippen LogP contribution < -0.4 is 5.32 Å². The van der Waals surface area contributed by atoms with Crippen molar-refractivity contribution in [1.29, 1.82) is 0 Å². The number of hydrogen-bond donors (Lipinski definition) is 5. The molecule has 2 unspecified atom stereocenters. The topological polar surface area (TPSA) is 145 Å². The summed E-state index contributed by atoms with van der Waals surface area (Å²) < 4.78 is 5.44. The number of H-pyrrole nitrogens is 1. The van der Waals surface area contributed by atoms with Gasteiger partial charge in [0.2, 0.25) is 0 Å². The van der Waals surface area contributed by atoms with Crippen molar-refractivity contribution in [3.05, 3.63) is 89.1 Å². The fourth-order valence-corrected chi connectivity index (χ4v) is 4.55. The molecule has 5 rings (SSSR count). The molecular weight excluding hydrogens is 450 g/mol. The third-order valence-electron chi connectivity index (χ3n) is 6.29. The molecule has 5 N–H and O–H groups in total. The summed E-state index contributed by atoms with van der Waals surface area (Å²) in [6.07, 6.45) is -3.41. The Morgan fingerprint density at radius 3 is 2.31 bits per heavy atom. The van der Waals surface area contributed by atoms with E-state index < -0.39 is 24.3 Å². The summed E-state index contributed by atoms with van der Waals surface area (Å²) in [5.74, 6) is -1.30. The van der Waals surface area contributed by atoms with Gasteiger partial charge in [0.05, 0.1) is 5.52 Å². The standard InChI is InChI=1S/C26H23N3O6/c30-22(24(31)14-9-10-21-19(11-14)23(25(32)33)29-28-21)12-27-26(34)35-13-20-17-7-3-1-5-15(17)16-6-2-4-8-18(16)20/h1-11,20,22,24,30-31H,12-13H2,(H,27,34)(H,28,29)(H,32,33). The van der Waals surface area contributed by atoms with Crippen molar-refractivity contribution in [1.82, 2.24) is 15.5 Å². The van der Waals surface area contributed by atoms with E-state index >= 15 is 0 Å². The molecule has 0 saturated carbocycles. The van der Waals surface area contributed by atoms with Crippen molar-refractivity contribution >= 4 is 23.0 Å². The van der Waals surface area contributed by atoms with Crippen LogP contribution >= 0.6 is 0 Å². The summed E-state index contributed by atoms with van der Waals surface area (Å²) in [5.41, 5.74) is 5.03. The van der Waals surface area contributed by atoms with E-state index in [2.05, 4.69) is 15.5 Å². The van der Waals surface area contributed by atoms with Gasteiger partial charge in [-0.3, -0.25) is 5.10 Å². The van der Waals surface area contributed by atoms with Crippen molar-refractivity contribution in [3.8, 4) is 11.1 Å². The van der Waals surface area contributed by atoms with Gasteiger partial charge in [0.15, 0.2) is 5.69 Å². The number of amides is 1. The van der Waals surface area contributed by atoms with E-state index in [-0.39, 0.29) is 24.8 Å². The summed E-state index contributed by atoms with van der Waals surface area (Å²) in [4.78, 5) is 23.6. The maximum absolute atomic E-state index is 12.3. The first kappa shape index (κ1) is 22.6. The molecule has 178 valence electrons. The average Bonchev–Trinajstić information content (AvgIpc) is 3.44. The largest absolute Gasteiger partial charge is 0.476 e. The Balaban J connectivity index is 1.20. The zero-order valence-electron chi connectivity index (χ0n) is 18.5. The molecule has 0 bridgehead atoms. The number of carboxylic acids is 1. The van der Waals surface area contributed by atoms with Crippen LogP contribution in [0, 0.1) is 0 Å². The number of ether oxygens (including phenoxy) is 1. The molecule has 0 radical (unpaired) electrons. The van der Waals surface area contributed by atoms with E-state index in [0.717, 1.165) is 22.3 Å². The highest BCUT2D eigenvalue weighted by atomic mass is 16.5. The quantitative estimate of drug-likeness (QED) is 0.277. The van der Waals surface area contributed by atoms with E-state index in [0.29, 0.717) is 16.5 Å². The number of carboxylic acid groups (broad SMARTS) is 1. The second kappa shape index (κ2) is 9.21. The Morgan fingerprint density at radius 2 is 1.66 bits per heavy atom. The number of aromatic nitrogens is 2. The zero-order chi connectivity index (χ0) is 24.5. The molecule has 4 aromatic rings. The summed E-state index contributed by atoms with van der Waals surface area (Å²) in [7, 11) is 0. The second-order valence-electron chi connectivity index (χ2n) is 8.40. The first-order valence-electron chi connectivity index (χ1n) is 11.1. The van der Waals surface area contributed by atoms with Gasteiger partial charge in [-0.1, -0.05) is 54.6 Å². The van der Waals surface area contributed by atoms with Crippen LogP contribution in [0.4, 0.5) is 4.79 Å². The molecule has 9 nitrogen and oxygen atoms in total. The Hall–Kier alpha value is -4.21. The zero-order valence-corrected chi connectivity index (χ0v) is 18.5. The Kier molecular flexibility index (Phi) is 5.94. The van der Waals surface area contributed by atoms with Crippen LogP contribution in [0.1, 0.15) is 39.2 Å². The number of nitrogens with zero attached hydrogens (tertiary/aromatic N) is 1. The molecule has 3 aromatic carbocycles. The number of alkyl carbamates (subject to hydrolysis) is 1. The molecule has 0 aliphatic heterocycles. The normalized spacial score (nSPS) is 14.2. The predicted octanol–water partition coefficient (Wildman–Crippen LogP) is 3.19. The number of nitrogens with one attached hydrogen (secondary N) is 2. The van der Waals surface area contributed by atoms with Crippen LogP contribution in [0.3, 0.4) is 0 Å². The highest BCUT2D eigenvalue weighted by Crippen LogP contribution is 2.44. The van der Waals surface area contributed by atoms with Gasteiger partial charge >= 0.3 is 12.1 Å². The summed E-state index contributed by atoms with van der Waals surface area (Å²) in [6.45, 7) is -0.124. The van der Waals surface area contributed by atoms with Gasteiger partial charge in [0.25, 0.3) is 0 Å². The maximum Gasteiger partial charge on any atom is 0.407 e. The minimum Gasteiger partial charge on any atom is -0.476 e. The van der Waals surface area contributed by atoms with E-state index in [1.165, 1.54) is 6.07 Å². The molecule has 1 aliphatic carbocycles. The molecule has 1 heterocycles. The third kappa shape index (κ3) is 4.23. The first-order valence-corrected chi connectivity index (χ1v) is 11.1. The molecular formula is C26H23N3O6. The lowest BCUT2D eigenvalue weighted by Gasteiger charge is -2.19. The smallest absolute Gasteiger partial charge is 0.407 e. The van der Waals surface area contributed by atoms with Crippen LogP contribution in [0.5, 0.6) is 0 Å². The second-order valence-corrected chi connectivity index (χ2v) is 8.40. The van der Waals surface area contributed by atoms with Crippen LogP contribution in [0.15, 0.2) is 66.7 Å². The number of benzene rings is 3. The van der Waals surface area contributed by atoms with Crippen LogP contribution in [-0.2, 0) is 4.74 Å². The molecule has 2 atom stereocenters. The molecule has 9 heteroatoms. The first-order chi connectivity index (χ1) is 16.9. The minimum absolute atomic E-state index is 0.0891. The van der Waals surface area contributed by atoms with Crippen molar-refractivity contribution in [2.75, 3.05) is 13.2 Å². The number of aromatic amines is 1. The third-order valence-corrected chi connectivity index (χ3v) is 6.29. The fourth-order valence-electron chi connectivity index (χ4n) is 4.55. The van der Waals surface area contributed by atoms with E-state index in [1.807, 2.05) is 48.5 Å². The molecule has 35 heavy (non-hydrogen) atoms. The number of aliphatic hydroxyl groups is 2. The number of aromatic carboxylic acids is 1. The predicted molar refractivity (Wildman–Crippen MR) is 127 cm³/mol. The van der Waals surface area contributed by atoms with Crippen molar-refractivity contribution < 1.29 is 29.6 Å². The summed E-state index contributed by atoms with van der Waals surface area (Å²) in [6, 6.07) is 20.6. The molecule has 0 fully saturated rings.